The molecular formula is C15H29P. The smallest absolute Gasteiger partial charge is 0.0203 e. The van der Waals surface area contributed by atoms with E-state index in [0.717, 1.165) is 11.8 Å². The summed E-state index contributed by atoms with van der Waals surface area (Å²) in [5, 5.41) is 0. The van der Waals surface area contributed by atoms with E-state index in [9.17, 15) is 0 Å². The highest BCUT2D eigenvalue weighted by atomic mass is 31.1. The van der Waals surface area contributed by atoms with Crippen LogP contribution in [0.15, 0.2) is 12.7 Å². The quantitative estimate of drug-likeness (QED) is 0.344. The van der Waals surface area contributed by atoms with E-state index in [2.05, 4.69) is 33.4 Å². The zero-order chi connectivity index (χ0) is 12.0. The minimum Gasteiger partial charge on any atom is -0.122 e. The van der Waals surface area contributed by atoms with Crippen LogP contribution in [0.25, 0.3) is 0 Å². The predicted molar refractivity (Wildman–Crippen MR) is 77.8 cm³/mol. The van der Waals surface area contributed by atoms with Crippen LogP contribution in [0, 0.1) is 17.3 Å². The molecule has 0 bridgehead atoms. The Labute approximate surface area is 104 Å². The Balaban J connectivity index is 2.45. The summed E-state index contributed by atoms with van der Waals surface area (Å²) in [7, 11) is 1.18. The van der Waals surface area contributed by atoms with Crippen molar-refractivity contribution in [1.29, 1.82) is 0 Å². The molecule has 0 aliphatic heterocycles. The second kappa shape index (κ2) is 6.80. The fraction of sp³-hybridized carbons (Fsp3) is 0.867. The topological polar surface area (TPSA) is 0 Å². The zero-order valence-corrected chi connectivity index (χ0v) is 12.4. The highest BCUT2D eigenvalue weighted by Crippen LogP contribution is 2.46. The third kappa shape index (κ3) is 3.88. The predicted octanol–water partition coefficient (Wildman–Crippen LogP) is 5.09. The molecule has 0 aromatic heterocycles. The van der Waals surface area contributed by atoms with Gasteiger partial charge in [-0.15, -0.1) is 15.2 Å². The summed E-state index contributed by atoms with van der Waals surface area (Å²) < 4.78 is 0. The van der Waals surface area contributed by atoms with Crippen LogP contribution in [-0.2, 0) is 0 Å². The van der Waals surface area contributed by atoms with E-state index in [1.165, 1.54) is 53.0 Å². The summed E-state index contributed by atoms with van der Waals surface area (Å²) in [5.74, 6) is 1.73. The van der Waals surface area contributed by atoms with Crippen molar-refractivity contribution in [3.8, 4) is 0 Å². The minimum absolute atomic E-state index is 0.600. The molecule has 1 rings (SSSR count). The van der Waals surface area contributed by atoms with E-state index in [4.69, 9.17) is 0 Å². The number of hydrogen-bond acceptors (Lipinski definition) is 0. The van der Waals surface area contributed by atoms with Gasteiger partial charge in [-0.05, 0) is 55.3 Å². The van der Waals surface area contributed by atoms with Crippen LogP contribution in [0.3, 0.4) is 0 Å². The lowest BCUT2D eigenvalue weighted by Gasteiger charge is -2.41. The first-order valence-electron chi connectivity index (χ1n) is 6.98. The van der Waals surface area contributed by atoms with Crippen molar-refractivity contribution in [2.75, 3.05) is 12.3 Å². The first-order valence-corrected chi connectivity index (χ1v) is 8.40. The van der Waals surface area contributed by atoms with Gasteiger partial charge in [0.15, 0.2) is 0 Å². The van der Waals surface area contributed by atoms with E-state index in [1.807, 2.05) is 0 Å². The Morgan fingerprint density at radius 1 is 1.44 bits per heavy atom. The SMILES string of the molecule is C=CC1CC(C)(CC)CCC1CCPCC. The summed E-state index contributed by atoms with van der Waals surface area (Å²) >= 11 is 0. The first-order chi connectivity index (χ1) is 7.65. The molecule has 0 radical (unpaired) electrons. The van der Waals surface area contributed by atoms with E-state index < -0.39 is 0 Å². The average molecular weight is 240 g/mol. The Morgan fingerprint density at radius 3 is 2.75 bits per heavy atom. The maximum Gasteiger partial charge on any atom is -0.0203 e. The van der Waals surface area contributed by atoms with Crippen molar-refractivity contribution >= 4 is 8.58 Å². The Hall–Kier alpha value is 0.170. The van der Waals surface area contributed by atoms with Gasteiger partial charge in [0.1, 0.15) is 0 Å². The van der Waals surface area contributed by atoms with E-state index in [1.54, 1.807) is 0 Å². The van der Waals surface area contributed by atoms with Gasteiger partial charge in [0.25, 0.3) is 0 Å². The Kier molecular flexibility index (Phi) is 6.05. The van der Waals surface area contributed by atoms with Gasteiger partial charge in [0.05, 0.1) is 0 Å². The van der Waals surface area contributed by atoms with Gasteiger partial charge in [-0.2, -0.15) is 0 Å². The van der Waals surface area contributed by atoms with Crippen molar-refractivity contribution in [2.24, 2.45) is 17.3 Å². The lowest BCUT2D eigenvalue weighted by molar-refractivity contribution is 0.122. The molecule has 94 valence electrons. The van der Waals surface area contributed by atoms with Crippen LogP contribution in [-0.4, -0.2) is 12.3 Å². The average Bonchev–Trinajstić information content (AvgIpc) is 2.31. The molecule has 1 heteroatoms. The van der Waals surface area contributed by atoms with Gasteiger partial charge in [-0.3, -0.25) is 0 Å². The minimum atomic E-state index is 0.600. The molecule has 0 aromatic carbocycles. The van der Waals surface area contributed by atoms with Crippen LogP contribution in [0.2, 0.25) is 0 Å². The van der Waals surface area contributed by atoms with Crippen molar-refractivity contribution in [2.45, 2.75) is 52.9 Å². The van der Waals surface area contributed by atoms with Crippen LogP contribution < -0.4 is 0 Å². The molecule has 4 unspecified atom stereocenters. The van der Waals surface area contributed by atoms with Gasteiger partial charge < -0.3 is 0 Å². The molecule has 1 aliphatic rings. The summed E-state index contributed by atoms with van der Waals surface area (Å²) in [6.07, 6.45) is 12.1. The summed E-state index contributed by atoms with van der Waals surface area (Å²) in [5.41, 5.74) is 0.600. The first kappa shape index (κ1) is 14.2. The number of hydrogen-bond donors (Lipinski definition) is 0. The van der Waals surface area contributed by atoms with Gasteiger partial charge >= 0.3 is 0 Å². The molecule has 0 saturated heterocycles. The van der Waals surface area contributed by atoms with Crippen LogP contribution in [0.5, 0.6) is 0 Å². The lowest BCUT2D eigenvalue weighted by Crippen LogP contribution is -2.30. The van der Waals surface area contributed by atoms with Crippen molar-refractivity contribution in [1.82, 2.24) is 0 Å². The normalized spacial score (nSPS) is 35.7. The number of allylic oxidation sites excluding steroid dienone is 1. The molecule has 1 fully saturated rings. The molecular weight excluding hydrogens is 211 g/mol. The van der Waals surface area contributed by atoms with E-state index >= 15 is 0 Å². The van der Waals surface area contributed by atoms with Gasteiger partial charge in [-0.25, -0.2) is 0 Å². The summed E-state index contributed by atoms with van der Waals surface area (Å²) in [6.45, 7) is 11.2. The second-order valence-corrected chi connectivity index (χ2v) is 7.42. The summed E-state index contributed by atoms with van der Waals surface area (Å²) in [4.78, 5) is 0. The van der Waals surface area contributed by atoms with E-state index in [-0.39, 0.29) is 0 Å². The maximum absolute atomic E-state index is 4.06. The lowest BCUT2D eigenvalue weighted by atomic mass is 9.64. The highest BCUT2D eigenvalue weighted by molar-refractivity contribution is 7.37. The zero-order valence-electron chi connectivity index (χ0n) is 11.4. The largest absolute Gasteiger partial charge is 0.122 e. The van der Waals surface area contributed by atoms with Crippen LogP contribution >= 0.6 is 8.58 Å². The third-order valence-corrected chi connectivity index (χ3v) is 5.69. The van der Waals surface area contributed by atoms with Crippen molar-refractivity contribution < 1.29 is 0 Å². The molecule has 0 N–H and O–H groups in total. The fourth-order valence-corrected chi connectivity index (χ4v) is 3.93. The molecule has 4 atom stereocenters. The van der Waals surface area contributed by atoms with Gasteiger partial charge in [0, 0.05) is 0 Å². The summed E-state index contributed by atoms with van der Waals surface area (Å²) in [6, 6.07) is 0. The molecule has 0 heterocycles. The molecule has 0 amide bonds. The fourth-order valence-electron chi connectivity index (χ4n) is 3.01. The Morgan fingerprint density at radius 2 is 2.19 bits per heavy atom. The van der Waals surface area contributed by atoms with Crippen molar-refractivity contribution in [3.05, 3.63) is 12.7 Å². The Bertz CT molecular complexity index is 211. The van der Waals surface area contributed by atoms with Crippen LogP contribution in [0.4, 0.5) is 0 Å². The standard InChI is InChI=1S/C15H29P/c1-5-13-12-15(4,6-2)10-8-14(13)9-11-16-7-3/h5,13-14,16H,1,6-12H2,2-4H3. The molecule has 1 aliphatic carbocycles. The number of rotatable bonds is 6. The molecule has 0 aromatic rings. The monoisotopic (exact) mass is 240 g/mol. The van der Waals surface area contributed by atoms with Gasteiger partial charge in [0.2, 0.25) is 0 Å². The molecule has 16 heavy (non-hydrogen) atoms. The second-order valence-electron chi connectivity index (χ2n) is 5.71. The van der Waals surface area contributed by atoms with Gasteiger partial charge in [-0.1, -0.05) is 33.3 Å². The van der Waals surface area contributed by atoms with Crippen LogP contribution in [0.1, 0.15) is 52.9 Å². The maximum atomic E-state index is 4.06. The highest BCUT2D eigenvalue weighted by Gasteiger charge is 2.34. The van der Waals surface area contributed by atoms with Crippen molar-refractivity contribution in [3.63, 3.8) is 0 Å². The van der Waals surface area contributed by atoms with E-state index in [0.29, 0.717) is 5.41 Å². The molecule has 1 saturated carbocycles. The third-order valence-electron chi connectivity index (χ3n) is 4.55. The molecule has 0 nitrogen and oxygen atoms in total. The molecule has 0 spiro atoms.